The summed E-state index contributed by atoms with van der Waals surface area (Å²) in [6, 6.07) is 23.4. The number of nitrogen functional groups attached to an aromatic ring is 3. The Morgan fingerprint density at radius 1 is 0.397 bits per heavy atom. The van der Waals surface area contributed by atoms with E-state index in [9.17, 15) is 43.2 Å². The summed E-state index contributed by atoms with van der Waals surface area (Å²) < 4.78 is 96.5. The second-order valence-electron chi connectivity index (χ2n) is 39.6. The predicted molar refractivity (Wildman–Crippen MR) is 564 cm³/mol. The van der Waals surface area contributed by atoms with E-state index in [0.29, 0.717) is 137 Å². The van der Waals surface area contributed by atoms with Gasteiger partial charge in [-0.2, -0.15) is 0 Å². The molecule has 4 atom stereocenters. The number of benzene rings is 6. The van der Waals surface area contributed by atoms with Gasteiger partial charge >= 0.3 is 18.0 Å². The number of ether oxygens (including phenoxy) is 15. The average molecular weight is 2060 g/mol. The van der Waals surface area contributed by atoms with Crippen molar-refractivity contribution >= 4 is 104 Å². The lowest BCUT2D eigenvalue weighted by Gasteiger charge is -2.38. The van der Waals surface area contributed by atoms with Crippen molar-refractivity contribution in [3.63, 3.8) is 0 Å². The number of carbonyl (C=O) groups excluding carboxylic acids is 9. The number of hydrogen-bond donors (Lipinski definition) is 6. The van der Waals surface area contributed by atoms with E-state index in [0.717, 1.165) is 48.0 Å². The third-order valence-corrected chi connectivity index (χ3v) is 35.2. The van der Waals surface area contributed by atoms with E-state index in [-0.39, 0.29) is 210 Å². The first-order valence-electron chi connectivity index (χ1n) is 48.9. The molecule has 0 radical (unpaired) electrons. The largest absolute Gasteiger partial charge is 0.493 e. The Balaban J connectivity index is 0.000000326. The van der Waals surface area contributed by atoms with Gasteiger partial charge in [0.15, 0.2) is 39.6 Å². The number of rotatable bonds is 51. The number of likely N-dealkylation sites (tertiary alicyclic amines) is 4. The van der Waals surface area contributed by atoms with Crippen molar-refractivity contribution in [2.75, 3.05) is 187 Å². The minimum atomic E-state index is -2.15. The number of nitrogens with two attached hydrogens (primary N) is 3. The predicted octanol–water partition coefficient (Wildman–Crippen LogP) is 16.1. The van der Waals surface area contributed by atoms with Crippen molar-refractivity contribution in [3.05, 3.63) is 202 Å². The number of amides is 7. The van der Waals surface area contributed by atoms with E-state index in [1.807, 2.05) is 37.8 Å². The summed E-state index contributed by atoms with van der Waals surface area (Å²) in [6.45, 7) is 52.8. The number of anilines is 6. The third-order valence-electron chi connectivity index (χ3n) is 26.2. The van der Waals surface area contributed by atoms with Gasteiger partial charge in [-0.1, -0.05) is 117 Å². The van der Waals surface area contributed by atoms with Crippen LogP contribution in [0.4, 0.5) is 38.9 Å². The molecule has 36 nitrogen and oxygen atoms in total. The molecule has 0 aliphatic carbocycles. The molecule has 0 unspecified atom stereocenters. The first-order valence-corrected chi connectivity index (χ1v) is 54.7. The second kappa shape index (κ2) is 54.7. The molecule has 38 heteroatoms. The summed E-state index contributed by atoms with van der Waals surface area (Å²) in [7, 11) is 1.31. The molecule has 10 rings (SSSR count). The Labute approximate surface area is 860 Å². The standard InChI is InChI=1S/C56H77N5O14Si.C52H73N5O12Si/c1-13-15-72-55(66)59-47-28-48(38(5)22-45(47)54(65)61-30-37(4)21-43(61)33-75-76(11,12)56(6,7)8)73-31-39-23-40(25-41(24-39)58-51(62)34-70-18-16-69-17-19-71-35-52(63)68-10)32-74-50-27-46(57)44(26-49(50)67-9)53(64)60-29-36(3)20-42(60)14-2;1-12-39-17-33(2)26-56(39)51(61)42-23-46(62-8)47(25-44(42)54)68-29-37-20-36(21-38(22-37)55-48(58)31-65-15-13-64-14-16-66-32-49(59)63-9)28-67-45-24-43(53)41(19-35(45)4)50(60)57-27-34(3)18-40(57)30-69-70(10,11)52(5,6)7/h13,22-28,42-43H,1,3-4,14-21,29-35,57H2,2,5-12H3,(H,58,62)(H,59,66);19-25,39-40H,2-3,12-18,26-32,53-54H2,1,4-11H3,(H,55,58)/t42-,43+;39-,40+/m11/s1. The van der Waals surface area contributed by atoms with Gasteiger partial charge in [0.2, 0.25) is 11.8 Å². The highest BCUT2D eigenvalue weighted by Gasteiger charge is 2.44. The van der Waals surface area contributed by atoms with Crippen molar-refractivity contribution in [3.8, 4) is 34.5 Å². The van der Waals surface area contributed by atoms with Crippen LogP contribution in [-0.4, -0.2) is 268 Å². The zero-order valence-electron chi connectivity index (χ0n) is 88.1. The van der Waals surface area contributed by atoms with Crippen LogP contribution in [0.2, 0.25) is 36.3 Å². The summed E-state index contributed by atoms with van der Waals surface area (Å²) in [5, 5.41) is 8.52. The quantitative estimate of drug-likeness (QED) is 0.00516. The van der Waals surface area contributed by atoms with E-state index >= 15 is 0 Å². The summed E-state index contributed by atoms with van der Waals surface area (Å²) in [5.41, 5.74) is 30.3. The van der Waals surface area contributed by atoms with Crippen molar-refractivity contribution in [1.29, 1.82) is 0 Å². The van der Waals surface area contributed by atoms with E-state index < -0.39 is 46.5 Å². The molecule has 4 aliphatic rings. The number of nitrogens with zero attached hydrogens (tertiary/aromatic N) is 4. The molecule has 6 aromatic rings. The fraction of sp³-hybridized carbons (Fsp3) is 0.491. The monoisotopic (exact) mass is 2060 g/mol. The average Bonchev–Trinajstić information content (AvgIpc) is 1.56. The molecule has 6 aromatic carbocycles. The Morgan fingerprint density at radius 2 is 0.705 bits per heavy atom. The molecular formula is C108H150N10O26Si2. The van der Waals surface area contributed by atoms with Gasteiger partial charge in [0.25, 0.3) is 23.6 Å². The normalized spacial score (nSPS) is 15.8. The number of nitrogens with one attached hydrogen (secondary N) is 3. The van der Waals surface area contributed by atoms with E-state index in [2.05, 4.69) is 126 Å². The number of esters is 2. The summed E-state index contributed by atoms with van der Waals surface area (Å²) in [5.74, 6) is -0.684. The van der Waals surface area contributed by atoms with Crippen LogP contribution in [0.15, 0.2) is 146 Å². The van der Waals surface area contributed by atoms with Gasteiger partial charge < -0.3 is 127 Å². The maximum absolute atomic E-state index is 14.6. The summed E-state index contributed by atoms with van der Waals surface area (Å²) >= 11 is 0. The smallest absolute Gasteiger partial charge is 0.411 e. The Hall–Kier alpha value is -12.6. The maximum Gasteiger partial charge on any atom is 0.411 e. The van der Waals surface area contributed by atoms with E-state index in [1.165, 1.54) is 34.5 Å². The van der Waals surface area contributed by atoms with Gasteiger partial charge in [-0.15, -0.1) is 0 Å². The molecule has 7 amide bonds. The fourth-order valence-corrected chi connectivity index (χ4v) is 18.2. The maximum atomic E-state index is 14.6. The van der Waals surface area contributed by atoms with Crippen LogP contribution in [0.25, 0.3) is 0 Å². The van der Waals surface area contributed by atoms with Gasteiger partial charge in [0.1, 0.15) is 71.0 Å². The summed E-state index contributed by atoms with van der Waals surface area (Å²) in [6.07, 6.45) is 4.95. The zero-order chi connectivity index (χ0) is 107. The highest BCUT2D eigenvalue weighted by atomic mass is 28.4. The molecule has 0 saturated carbocycles. The van der Waals surface area contributed by atoms with E-state index in [1.54, 1.807) is 94.4 Å². The first-order chi connectivity index (χ1) is 69.2. The minimum Gasteiger partial charge on any atom is -0.493 e. The lowest BCUT2D eigenvalue weighted by atomic mass is 10.1. The van der Waals surface area contributed by atoms with Crippen molar-refractivity contribution in [2.24, 2.45) is 0 Å². The Kier molecular flexibility index (Phi) is 43.8. The molecule has 0 bridgehead atoms. The number of hydrogen-bond acceptors (Lipinski definition) is 29. The van der Waals surface area contributed by atoms with Gasteiger partial charge in [-0.05, 0) is 183 Å². The SMILES string of the molecule is C=C1C[C@@H](CC)N(C(=O)c2cc(OC)c(OCc3cc(COc4cc(N)c(C(=O)N5CC(=C)C[C@H]5CO[Si](C)(C)C(C)(C)C)cc4C)cc(NC(=O)COCCOCCOCC(=O)OC)c3)cc2N)C1.C=CCOC(=O)Nc1cc(OCc2cc(COc3cc(N)c(C(=O)N4CC(=C)C[C@H]4CC)cc3OC)cc(NC(=O)COCCOCCOCC(=O)OC)c2)c(C)cc1C(=O)N1CC(=C)C[C@H]1CO[Si](C)(C)C(C)(C)C. The number of carbonyl (C=O) groups is 9. The lowest BCUT2D eigenvalue weighted by molar-refractivity contribution is -0.147. The summed E-state index contributed by atoms with van der Waals surface area (Å²) in [4.78, 5) is 125. The molecule has 4 heterocycles. The highest BCUT2D eigenvalue weighted by Crippen LogP contribution is 2.43. The molecule has 4 aliphatic heterocycles. The molecule has 9 N–H and O–H groups in total. The number of aryl methyl sites for hydroxylation is 2. The molecule has 796 valence electrons. The van der Waals surface area contributed by atoms with Crippen LogP contribution >= 0.6 is 0 Å². The Morgan fingerprint density at radius 3 is 1.05 bits per heavy atom. The molecule has 4 saturated heterocycles. The van der Waals surface area contributed by atoms with Crippen molar-refractivity contribution in [2.45, 2.75) is 195 Å². The van der Waals surface area contributed by atoms with Crippen LogP contribution in [0.3, 0.4) is 0 Å². The lowest BCUT2D eigenvalue weighted by Crippen LogP contribution is -2.46. The molecular weight excluding hydrogens is 1910 g/mol. The van der Waals surface area contributed by atoms with Crippen LogP contribution in [0.5, 0.6) is 34.5 Å². The zero-order valence-corrected chi connectivity index (χ0v) is 90.1. The molecule has 4 fully saturated rings. The highest BCUT2D eigenvalue weighted by molar-refractivity contribution is 6.74. The Bertz CT molecular complexity index is 5660. The van der Waals surface area contributed by atoms with Gasteiger partial charge in [-0.3, -0.25) is 34.1 Å². The first kappa shape index (κ1) is 117. The molecule has 0 aromatic heterocycles. The van der Waals surface area contributed by atoms with Gasteiger partial charge in [0.05, 0.1) is 135 Å². The second-order valence-corrected chi connectivity index (χ2v) is 49.2. The van der Waals surface area contributed by atoms with Gasteiger partial charge in [-0.25, -0.2) is 14.4 Å². The van der Waals surface area contributed by atoms with Crippen LogP contribution in [0.1, 0.15) is 169 Å². The molecule has 146 heavy (non-hydrogen) atoms. The van der Waals surface area contributed by atoms with E-state index in [4.69, 9.17) is 87.6 Å². The van der Waals surface area contributed by atoms with Crippen molar-refractivity contribution < 1.29 is 123 Å². The fourth-order valence-electron chi connectivity index (χ4n) is 16.1. The third kappa shape index (κ3) is 33.7. The van der Waals surface area contributed by atoms with Crippen LogP contribution in [-0.2, 0) is 97.1 Å². The minimum absolute atomic E-state index is 0.0223. The topological polar surface area (TPSA) is 438 Å². The van der Waals surface area contributed by atoms with Crippen LogP contribution < -0.4 is 61.6 Å². The number of methoxy groups -OCH3 is 4. The van der Waals surface area contributed by atoms with Gasteiger partial charge in [0, 0.05) is 91.0 Å². The van der Waals surface area contributed by atoms with Crippen molar-refractivity contribution in [1.82, 2.24) is 19.6 Å². The van der Waals surface area contributed by atoms with Crippen LogP contribution in [0, 0.1) is 13.8 Å². The molecule has 0 spiro atoms.